The summed E-state index contributed by atoms with van der Waals surface area (Å²) >= 11 is 0. The van der Waals surface area contributed by atoms with Crippen molar-refractivity contribution in [3.63, 3.8) is 0 Å². The van der Waals surface area contributed by atoms with Crippen LogP contribution in [0.5, 0.6) is 0 Å². The Labute approximate surface area is 166 Å². The van der Waals surface area contributed by atoms with Gasteiger partial charge in [0.2, 0.25) is 11.8 Å². The lowest BCUT2D eigenvalue weighted by Gasteiger charge is -2.39. The van der Waals surface area contributed by atoms with Crippen LogP contribution in [0.4, 0.5) is 10.1 Å². The molecular weight excluding hydrogens is 357 g/mol. The van der Waals surface area contributed by atoms with Crippen molar-refractivity contribution in [3.8, 4) is 0 Å². The number of hydrogen-bond acceptors (Lipinski definition) is 3. The van der Waals surface area contributed by atoms with Crippen molar-refractivity contribution in [1.29, 1.82) is 0 Å². The lowest BCUT2D eigenvalue weighted by Crippen LogP contribution is -2.55. The topological polar surface area (TPSA) is 43.9 Å². The van der Waals surface area contributed by atoms with Crippen molar-refractivity contribution >= 4 is 17.5 Å². The Balaban J connectivity index is 1.35. The Kier molecular flexibility index (Phi) is 5.83. The number of benzene rings is 1. The molecule has 0 N–H and O–H groups in total. The number of anilines is 1. The quantitative estimate of drug-likeness (QED) is 0.801. The van der Waals surface area contributed by atoms with E-state index in [0.717, 1.165) is 63.8 Å². The Morgan fingerprint density at radius 3 is 2.14 bits per heavy atom. The van der Waals surface area contributed by atoms with Gasteiger partial charge in [0.05, 0.1) is 0 Å². The number of hydrogen-bond donors (Lipinski definition) is 0. The molecule has 4 rings (SSSR count). The molecule has 6 heteroatoms. The summed E-state index contributed by atoms with van der Waals surface area (Å²) in [6.45, 7) is 3.50. The summed E-state index contributed by atoms with van der Waals surface area (Å²) in [4.78, 5) is 32.1. The highest BCUT2D eigenvalue weighted by Gasteiger charge is 2.39. The number of carbonyl (C=O) groups is 2. The summed E-state index contributed by atoms with van der Waals surface area (Å²) < 4.78 is 13.1. The second-order valence-corrected chi connectivity index (χ2v) is 8.31. The van der Waals surface area contributed by atoms with Crippen LogP contribution in [-0.4, -0.2) is 60.4 Å². The molecule has 1 aromatic carbocycles. The van der Waals surface area contributed by atoms with E-state index >= 15 is 0 Å². The molecule has 0 radical (unpaired) electrons. The second kappa shape index (κ2) is 8.50. The van der Waals surface area contributed by atoms with Crippen LogP contribution in [0.15, 0.2) is 24.3 Å². The van der Waals surface area contributed by atoms with E-state index in [1.807, 2.05) is 9.80 Å². The van der Waals surface area contributed by atoms with E-state index < -0.39 is 0 Å². The zero-order chi connectivity index (χ0) is 19.5. The molecule has 2 amide bonds. The zero-order valence-electron chi connectivity index (χ0n) is 16.5. The van der Waals surface area contributed by atoms with Gasteiger partial charge in [-0.2, -0.15) is 0 Å². The molecule has 0 bridgehead atoms. The van der Waals surface area contributed by atoms with Gasteiger partial charge in [-0.3, -0.25) is 9.59 Å². The Bertz CT molecular complexity index is 694. The highest BCUT2D eigenvalue weighted by atomic mass is 19.1. The van der Waals surface area contributed by atoms with Crippen molar-refractivity contribution in [2.75, 3.05) is 37.6 Å². The van der Waals surface area contributed by atoms with Gasteiger partial charge < -0.3 is 14.7 Å². The summed E-state index contributed by atoms with van der Waals surface area (Å²) in [5.41, 5.74) is 0.989. The molecule has 3 fully saturated rings. The Morgan fingerprint density at radius 1 is 0.786 bits per heavy atom. The van der Waals surface area contributed by atoms with Crippen LogP contribution in [0.3, 0.4) is 0 Å². The summed E-state index contributed by atoms with van der Waals surface area (Å²) in [6, 6.07) is 6.25. The first-order valence-electron chi connectivity index (χ1n) is 10.7. The molecular formula is C22H30FN3O2. The highest BCUT2D eigenvalue weighted by molar-refractivity contribution is 5.89. The predicted octanol–water partition coefficient (Wildman–Crippen LogP) is 3.05. The van der Waals surface area contributed by atoms with Crippen molar-refractivity contribution in [1.82, 2.24) is 9.80 Å². The van der Waals surface area contributed by atoms with E-state index in [0.29, 0.717) is 13.1 Å². The summed E-state index contributed by atoms with van der Waals surface area (Å²) in [5, 5.41) is 0. The van der Waals surface area contributed by atoms with Gasteiger partial charge in [-0.15, -0.1) is 0 Å². The predicted molar refractivity (Wildman–Crippen MR) is 107 cm³/mol. The standard InChI is InChI=1S/C22H30FN3O2/c23-18-8-10-19(11-9-18)24-13-15-25(16-14-24)22(28)20-7-4-12-26(20)21(27)17-5-2-1-3-6-17/h8-11,17,20H,1-7,12-16H2. The van der Waals surface area contributed by atoms with Gasteiger partial charge in [-0.1, -0.05) is 19.3 Å². The highest BCUT2D eigenvalue weighted by Crippen LogP contribution is 2.29. The average Bonchev–Trinajstić information content (AvgIpc) is 3.24. The van der Waals surface area contributed by atoms with Crippen LogP contribution in [0.1, 0.15) is 44.9 Å². The third-order valence-electron chi connectivity index (χ3n) is 6.56. The molecule has 1 unspecified atom stereocenters. The molecule has 1 aliphatic carbocycles. The number of piperazine rings is 1. The van der Waals surface area contributed by atoms with Gasteiger partial charge in [0, 0.05) is 44.3 Å². The summed E-state index contributed by atoms with van der Waals surface area (Å²) in [7, 11) is 0. The number of carbonyl (C=O) groups excluding carboxylic acids is 2. The van der Waals surface area contributed by atoms with Crippen LogP contribution in [0, 0.1) is 11.7 Å². The molecule has 3 aliphatic rings. The Morgan fingerprint density at radius 2 is 1.46 bits per heavy atom. The van der Waals surface area contributed by atoms with Crippen LogP contribution in [0.2, 0.25) is 0 Å². The molecule has 2 heterocycles. The second-order valence-electron chi connectivity index (χ2n) is 8.31. The minimum atomic E-state index is -0.271. The van der Waals surface area contributed by atoms with Gasteiger partial charge in [0.15, 0.2) is 0 Å². The number of nitrogens with zero attached hydrogens (tertiary/aromatic N) is 3. The smallest absolute Gasteiger partial charge is 0.245 e. The fourth-order valence-electron chi connectivity index (χ4n) is 4.92. The molecule has 1 atom stereocenters. The maximum absolute atomic E-state index is 13.1. The van der Waals surface area contributed by atoms with E-state index in [4.69, 9.17) is 0 Å². The van der Waals surface area contributed by atoms with Gasteiger partial charge in [-0.25, -0.2) is 4.39 Å². The zero-order valence-corrected chi connectivity index (χ0v) is 16.5. The minimum absolute atomic E-state index is 0.111. The maximum atomic E-state index is 13.1. The van der Waals surface area contributed by atoms with Crippen LogP contribution in [0.25, 0.3) is 0 Å². The Hall–Kier alpha value is -2.11. The van der Waals surface area contributed by atoms with Gasteiger partial charge in [0.25, 0.3) is 0 Å². The third-order valence-corrected chi connectivity index (χ3v) is 6.56. The first-order chi connectivity index (χ1) is 13.6. The van der Waals surface area contributed by atoms with Gasteiger partial charge in [0.1, 0.15) is 11.9 Å². The molecule has 0 aromatic heterocycles. The molecule has 152 valence electrons. The van der Waals surface area contributed by atoms with Crippen LogP contribution < -0.4 is 4.90 Å². The van der Waals surface area contributed by atoms with E-state index in [1.165, 1.54) is 18.6 Å². The number of halogens is 1. The largest absolute Gasteiger partial charge is 0.368 e. The lowest BCUT2D eigenvalue weighted by molar-refractivity contribution is -0.146. The van der Waals surface area contributed by atoms with Crippen molar-refractivity contribution in [2.45, 2.75) is 51.0 Å². The molecule has 2 saturated heterocycles. The first-order valence-corrected chi connectivity index (χ1v) is 10.7. The summed E-state index contributed by atoms with van der Waals surface area (Å²) in [6.07, 6.45) is 7.16. The van der Waals surface area contributed by atoms with Crippen LogP contribution >= 0.6 is 0 Å². The molecule has 2 aliphatic heterocycles. The number of rotatable bonds is 3. The van der Waals surface area contributed by atoms with E-state index in [1.54, 1.807) is 12.1 Å². The molecule has 1 aromatic rings. The SMILES string of the molecule is O=C(C1CCCN1C(=O)C1CCCCC1)N1CCN(c2ccc(F)cc2)CC1. The van der Waals surface area contributed by atoms with E-state index in [-0.39, 0.29) is 29.6 Å². The van der Waals surface area contributed by atoms with Crippen molar-refractivity contribution in [2.24, 2.45) is 5.92 Å². The number of likely N-dealkylation sites (tertiary alicyclic amines) is 1. The maximum Gasteiger partial charge on any atom is 0.245 e. The average molecular weight is 387 g/mol. The van der Waals surface area contributed by atoms with Gasteiger partial charge >= 0.3 is 0 Å². The molecule has 28 heavy (non-hydrogen) atoms. The molecule has 1 saturated carbocycles. The fraction of sp³-hybridized carbons (Fsp3) is 0.636. The monoisotopic (exact) mass is 387 g/mol. The summed E-state index contributed by atoms with van der Waals surface area (Å²) in [5.74, 6) is 0.208. The van der Waals surface area contributed by atoms with E-state index in [9.17, 15) is 14.0 Å². The van der Waals surface area contributed by atoms with Gasteiger partial charge in [-0.05, 0) is 49.9 Å². The van der Waals surface area contributed by atoms with Crippen molar-refractivity contribution in [3.05, 3.63) is 30.1 Å². The number of amides is 2. The fourth-order valence-corrected chi connectivity index (χ4v) is 4.92. The molecule has 0 spiro atoms. The normalized spacial score (nSPS) is 23.9. The van der Waals surface area contributed by atoms with Crippen LogP contribution in [-0.2, 0) is 9.59 Å². The van der Waals surface area contributed by atoms with E-state index in [2.05, 4.69) is 4.90 Å². The first kappa shape index (κ1) is 19.2. The molecule has 5 nitrogen and oxygen atoms in total. The van der Waals surface area contributed by atoms with Crippen molar-refractivity contribution < 1.29 is 14.0 Å². The lowest BCUT2D eigenvalue weighted by atomic mass is 9.88. The third kappa shape index (κ3) is 4.01. The minimum Gasteiger partial charge on any atom is -0.368 e.